The Balaban J connectivity index is 1.14. The van der Waals surface area contributed by atoms with Crippen LogP contribution in [-0.4, -0.2) is 106 Å². The maximum Gasteiger partial charge on any atom is 0.256 e. The highest BCUT2D eigenvalue weighted by atomic mass is 19.1. The molecule has 0 spiro atoms. The third kappa shape index (κ3) is 7.04. The monoisotopic (exact) mass is 658 g/mol. The molecule has 48 heavy (non-hydrogen) atoms. The number of benzene rings is 1. The molecule has 4 atom stereocenters. The first-order chi connectivity index (χ1) is 22.9. The van der Waals surface area contributed by atoms with Gasteiger partial charge >= 0.3 is 0 Å². The fraction of sp³-hybridized carbons (Fsp3) is 0.615. The Hall–Kier alpha value is -3.30. The van der Waals surface area contributed by atoms with E-state index in [0.717, 1.165) is 63.3 Å². The standard InChI is InChI=1S/C39H55FN6O2/c1-25(2)35(9-8-13-43-20-31-22-45(28(6)47)23-32(31)21-43)44-14-12-29(19-44)15-30-24-46(37-18-41-17-27(5)38(30)37)36-11-10-33(40)16-34(36)39(48)42(7)26(3)4/h10-11,16-18,24-26,29,31-32,35H,8-9,12-15,19-23H2,1-7H3/t29-,31+,32+,35?/m1/s1. The molecule has 2 aromatic heterocycles. The summed E-state index contributed by atoms with van der Waals surface area (Å²) in [5.41, 5.74) is 4.38. The van der Waals surface area contributed by atoms with Crippen molar-refractivity contribution in [2.75, 3.05) is 52.9 Å². The first-order valence-electron chi connectivity index (χ1n) is 18.1. The maximum absolute atomic E-state index is 14.5. The molecule has 0 bridgehead atoms. The van der Waals surface area contributed by atoms with Crippen LogP contribution < -0.4 is 0 Å². The van der Waals surface area contributed by atoms with Crippen LogP contribution in [0.5, 0.6) is 0 Å². The van der Waals surface area contributed by atoms with E-state index < -0.39 is 5.82 Å². The fourth-order valence-corrected chi connectivity index (χ4v) is 8.74. The molecule has 0 N–H and O–H groups in total. The minimum Gasteiger partial charge on any atom is -0.342 e. The molecule has 3 aromatic rings. The van der Waals surface area contributed by atoms with Crippen LogP contribution >= 0.6 is 0 Å². The molecule has 0 saturated carbocycles. The average molecular weight is 659 g/mol. The van der Waals surface area contributed by atoms with Crippen molar-refractivity contribution < 1.29 is 14.0 Å². The third-order valence-electron chi connectivity index (χ3n) is 11.6. The minimum absolute atomic E-state index is 0.00511. The Kier molecular flexibility index (Phi) is 10.3. The molecule has 6 rings (SSSR count). The Morgan fingerprint density at radius 3 is 2.44 bits per heavy atom. The second-order valence-corrected chi connectivity index (χ2v) is 15.6. The van der Waals surface area contributed by atoms with E-state index in [2.05, 4.69) is 46.3 Å². The lowest BCUT2D eigenvalue weighted by Gasteiger charge is -2.32. The van der Waals surface area contributed by atoms with E-state index >= 15 is 0 Å². The second-order valence-electron chi connectivity index (χ2n) is 15.6. The van der Waals surface area contributed by atoms with E-state index in [9.17, 15) is 14.0 Å². The number of carbonyl (C=O) groups excluding carboxylic acids is 2. The summed E-state index contributed by atoms with van der Waals surface area (Å²) in [4.78, 5) is 38.9. The molecule has 1 unspecified atom stereocenters. The highest BCUT2D eigenvalue weighted by Crippen LogP contribution is 2.35. The molecule has 9 heteroatoms. The number of aromatic nitrogens is 2. The molecule has 3 fully saturated rings. The molecular formula is C39H55FN6O2. The number of likely N-dealkylation sites (tertiary alicyclic amines) is 3. The molecule has 0 aliphatic carbocycles. The molecule has 3 aliphatic rings. The normalized spacial score (nSPS) is 22.4. The Bertz CT molecular complexity index is 1620. The zero-order chi connectivity index (χ0) is 34.3. The number of carbonyl (C=O) groups is 2. The van der Waals surface area contributed by atoms with E-state index in [-0.39, 0.29) is 17.9 Å². The first kappa shape index (κ1) is 34.6. The average Bonchev–Trinajstić information content (AvgIpc) is 3.82. The van der Waals surface area contributed by atoms with Gasteiger partial charge in [0.25, 0.3) is 5.91 Å². The topological polar surface area (TPSA) is 64.9 Å². The zero-order valence-electron chi connectivity index (χ0n) is 30.1. The fourth-order valence-electron chi connectivity index (χ4n) is 8.74. The number of nitrogens with zero attached hydrogens (tertiary/aromatic N) is 6. The van der Waals surface area contributed by atoms with Crippen molar-refractivity contribution in [3.63, 3.8) is 0 Å². The van der Waals surface area contributed by atoms with Crippen LogP contribution in [-0.2, 0) is 11.2 Å². The summed E-state index contributed by atoms with van der Waals surface area (Å²) in [7, 11) is 1.77. The van der Waals surface area contributed by atoms with Crippen LogP contribution in [0.1, 0.15) is 75.4 Å². The lowest BCUT2D eigenvalue weighted by atomic mass is 9.96. The van der Waals surface area contributed by atoms with Gasteiger partial charge in [-0.15, -0.1) is 0 Å². The maximum atomic E-state index is 14.5. The van der Waals surface area contributed by atoms with Gasteiger partial charge in [0, 0.05) is 76.6 Å². The van der Waals surface area contributed by atoms with Crippen LogP contribution in [0.3, 0.4) is 0 Å². The zero-order valence-corrected chi connectivity index (χ0v) is 30.1. The Morgan fingerprint density at radius 1 is 1.04 bits per heavy atom. The number of pyridine rings is 1. The molecule has 2 amide bonds. The van der Waals surface area contributed by atoms with Gasteiger partial charge in [-0.1, -0.05) is 13.8 Å². The predicted octanol–water partition coefficient (Wildman–Crippen LogP) is 6.03. The van der Waals surface area contributed by atoms with Crippen LogP contribution in [0.4, 0.5) is 4.39 Å². The van der Waals surface area contributed by atoms with Crippen molar-refractivity contribution in [3.8, 4) is 5.69 Å². The number of amides is 2. The van der Waals surface area contributed by atoms with Gasteiger partial charge < -0.3 is 19.3 Å². The molecule has 5 heterocycles. The number of halogens is 1. The van der Waals surface area contributed by atoms with Gasteiger partial charge in [-0.05, 0) is 113 Å². The minimum atomic E-state index is -0.417. The van der Waals surface area contributed by atoms with Crippen molar-refractivity contribution in [1.29, 1.82) is 0 Å². The van der Waals surface area contributed by atoms with Crippen LogP contribution in [0.25, 0.3) is 16.6 Å². The van der Waals surface area contributed by atoms with E-state index in [1.807, 2.05) is 31.1 Å². The molecule has 8 nitrogen and oxygen atoms in total. The van der Waals surface area contributed by atoms with Gasteiger partial charge in [0.05, 0.1) is 23.0 Å². The van der Waals surface area contributed by atoms with Crippen LogP contribution in [0.2, 0.25) is 0 Å². The summed E-state index contributed by atoms with van der Waals surface area (Å²) in [6.07, 6.45) is 10.5. The molecular weight excluding hydrogens is 603 g/mol. The van der Waals surface area contributed by atoms with Crippen molar-refractivity contribution in [3.05, 3.63) is 59.3 Å². The number of aryl methyl sites for hydroxylation is 1. The van der Waals surface area contributed by atoms with Gasteiger partial charge in [-0.3, -0.25) is 19.5 Å². The second kappa shape index (κ2) is 14.3. The molecule has 3 saturated heterocycles. The van der Waals surface area contributed by atoms with E-state index in [1.54, 1.807) is 24.9 Å². The van der Waals surface area contributed by atoms with Crippen LogP contribution in [0.15, 0.2) is 36.8 Å². The summed E-state index contributed by atoms with van der Waals surface area (Å²) < 4.78 is 16.6. The summed E-state index contributed by atoms with van der Waals surface area (Å²) in [6.45, 7) is 20.0. The van der Waals surface area contributed by atoms with Crippen molar-refractivity contribution in [1.82, 2.24) is 29.2 Å². The van der Waals surface area contributed by atoms with Crippen LogP contribution in [0, 0.1) is 36.4 Å². The van der Waals surface area contributed by atoms with E-state index in [1.165, 1.54) is 42.3 Å². The summed E-state index contributed by atoms with van der Waals surface area (Å²) >= 11 is 0. The highest BCUT2D eigenvalue weighted by Gasteiger charge is 2.40. The Morgan fingerprint density at radius 2 is 1.77 bits per heavy atom. The van der Waals surface area contributed by atoms with E-state index in [4.69, 9.17) is 0 Å². The van der Waals surface area contributed by atoms with Crippen molar-refractivity contribution >= 4 is 22.7 Å². The summed E-state index contributed by atoms with van der Waals surface area (Å²) in [6, 6.07) is 5.10. The van der Waals surface area contributed by atoms with Crippen molar-refractivity contribution in [2.45, 2.75) is 79.3 Å². The highest BCUT2D eigenvalue weighted by molar-refractivity contribution is 5.99. The molecule has 260 valence electrons. The number of fused-ring (bicyclic) bond motifs is 2. The lowest BCUT2D eigenvalue weighted by Crippen LogP contribution is -2.38. The largest absolute Gasteiger partial charge is 0.342 e. The first-order valence-corrected chi connectivity index (χ1v) is 18.1. The van der Waals surface area contributed by atoms with Gasteiger partial charge in [-0.2, -0.15) is 0 Å². The molecule has 0 radical (unpaired) electrons. The quantitative estimate of drug-likeness (QED) is 0.252. The van der Waals surface area contributed by atoms with Gasteiger partial charge in [0.1, 0.15) is 5.82 Å². The van der Waals surface area contributed by atoms with E-state index in [0.29, 0.717) is 41.0 Å². The lowest BCUT2D eigenvalue weighted by molar-refractivity contribution is -0.128. The van der Waals surface area contributed by atoms with Crippen molar-refractivity contribution in [2.24, 2.45) is 23.7 Å². The number of hydrogen-bond acceptors (Lipinski definition) is 5. The molecule has 3 aliphatic heterocycles. The smallest absolute Gasteiger partial charge is 0.256 e. The number of hydrogen-bond donors (Lipinski definition) is 0. The third-order valence-corrected chi connectivity index (χ3v) is 11.6. The van der Waals surface area contributed by atoms with Gasteiger partial charge in [0.15, 0.2) is 0 Å². The summed E-state index contributed by atoms with van der Waals surface area (Å²) in [5.74, 6) is 2.05. The SMILES string of the molecule is CC(=O)N1C[C@@H]2CN(CCCC(C(C)C)N3CC[C@H](Cc4cn(-c5ccc(F)cc5C(=O)N(C)C(C)C)c5cncc(C)c45)C3)C[C@H]2C1. The van der Waals surface area contributed by atoms with Gasteiger partial charge in [-0.25, -0.2) is 4.39 Å². The van der Waals surface area contributed by atoms with Gasteiger partial charge in [0.2, 0.25) is 5.91 Å². The Labute approximate surface area is 286 Å². The summed E-state index contributed by atoms with van der Waals surface area (Å²) in [5, 5.41) is 1.19. The number of rotatable bonds is 11. The molecule has 1 aromatic carbocycles. The predicted molar refractivity (Wildman–Crippen MR) is 190 cm³/mol.